The van der Waals surface area contributed by atoms with Gasteiger partial charge in [0.15, 0.2) is 0 Å². The highest BCUT2D eigenvalue weighted by atomic mass is 15.3. The number of rotatable bonds is 7. The molecule has 0 spiro atoms. The molecule has 0 amide bonds. The number of nitrogens with one attached hydrogen (secondary N) is 1. The van der Waals surface area contributed by atoms with Gasteiger partial charge in [0.05, 0.1) is 0 Å². The zero-order valence-corrected chi connectivity index (χ0v) is 12.0. The topological polar surface area (TPSA) is 54.2 Å². The second-order valence-electron chi connectivity index (χ2n) is 5.10. The summed E-state index contributed by atoms with van der Waals surface area (Å²) in [7, 11) is 0. The van der Waals surface area contributed by atoms with Crippen LogP contribution in [0.4, 0.5) is 0 Å². The van der Waals surface area contributed by atoms with Crippen molar-refractivity contribution in [2.24, 2.45) is 5.84 Å². The maximum absolute atomic E-state index is 5.76. The Morgan fingerprint density at radius 3 is 2.28 bits per heavy atom. The van der Waals surface area contributed by atoms with Crippen molar-refractivity contribution in [1.29, 1.82) is 0 Å². The first-order chi connectivity index (χ1) is 8.56. The largest absolute Gasteiger partial charge is 0.297 e. The van der Waals surface area contributed by atoms with Gasteiger partial charge in [-0.25, -0.2) is 0 Å². The van der Waals surface area contributed by atoms with Gasteiger partial charge in [-0.05, 0) is 51.1 Å². The molecule has 1 rings (SSSR count). The first kappa shape index (κ1) is 15.1. The first-order valence-corrected chi connectivity index (χ1v) is 6.66. The smallest absolute Gasteiger partial charge is 0.0429 e. The Balaban J connectivity index is 2.82. The average molecular weight is 250 g/mol. The minimum absolute atomic E-state index is 0.0154. The SMILES string of the molecule is CCN(CC)C(C)(C)C(Cc1ccncc1)NN. The number of likely N-dealkylation sites (N-methyl/N-ethyl adjacent to an activating group) is 1. The molecular weight excluding hydrogens is 224 g/mol. The Morgan fingerprint density at radius 1 is 1.28 bits per heavy atom. The summed E-state index contributed by atoms with van der Waals surface area (Å²) in [5, 5.41) is 0. The van der Waals surface area contributed by atoms with Crippen LogP contribution in [0.15, 0.2) is 24.5 Å². The lowest BCUT2D eigenvalue weighted by Crippen LogP contribution is -2.60. The summed E-state index contributed by atoms with van der Waals surface area (Å²) in [5.74, 6) is 5.76. The summed E-state index contributed by atoms with van der Waals surface area (Å²) in [6, 6.07) is 4.30. The van der Waals surface area contributed by atoms with Crippen LogP contribution in [0.1, 0.15) is 33.3 Å². The Morgan fingerprint density at radius 2 is 1.83 bits per heavy atom. The summed E-state index contributed by atoms with van der Waals surface area (Å²) in [6.45, 7) is 10.9. The van der Waals surface area contributed by atoms with Crippen LogP contribution in [0.2, 0.25) is 0 Å². The number of aromatic nitrogens is 1. The molecule has 1 heterocycles. The zero-order chi connectivity index (χ0) is 13.6. The fourth-order valence-corrected chi connectivity index (χ4v) is 2.53. The molecule has 0 fully saturated rings. The molecular formula is C14H26N4. The van der Waals surface area contributed by atoms with Gasteiger partial charge in [0, 0.05) is 24.0 Å². The number of hydrazine groups is 1. The van der Waals surface area contributed by atoms with Gasteiger partial charge in [-0.2, -0.15) is 0 Å². The van der Waals surface area contributed by atoms with E-state index >= 15 is 0 Å². The molecule has 0 aromatic carbocycles. The van der Waals surface area contributed by atoms with E-state index in [4.69, 9.17) is 5.84 Å². The van der Waals surface area contributed by atoms with Gasteiger partial charge >= 0.3 is 0 Å². The normalized spacial score (nSPS) is 13.9. The van der Waals surface area contributed by atoms with Crippen LogP contribution < -0.4 is 11.3 Å². The van der Waals surface area contributed by atoms with Gasteiger partial charge < -0.3 is 0 Å². The first-order valence-electron chi connectivity index (χ1n) is 6.66. The quantitative estimate of drug-likeness (QED) is 0.570. The summed E-state index contributed by atoms with van der Waals surface area (Å²) in [5.41, 5.74) is 4.25. The molecule has 18 heavy (non-hydrogen) atoms. The Labute approximate surface area is 111 Å². The summed E-state index contributed by atoms with van der Waals surface area (Å²) >= 11 is 0. The van der Waals surface area contributed by atoms with Crippen LogP contribution in [-0.2, 0) is 6.42 Å². The molecule has 102 valence electrons. The third kappa shape index (κ3) is 3.51. The third-order valence-electron chi connectivity index (χ3n) is 3.82. The molecule has 0 saturated carbocycles. The molecule has 4 heteroatoms. The fraction of sp³-hybridized carbons (Fsp3) is 0.643. The van der Waals surface area contributed by atoms with Crippen LogP contribution in [0, 0.1) is 0 Å². The predicted molar refractivity (Wildman–Crippen MR) is 76.1 cm³/mol. The van der Waals surface area contributed by atoms with E-state index in [2.05, 4.69) is 43.0 Å². The minimum Gasteiger partial charge on any atom is -0.297 e. The van der Waals surface area contributed by atoms with Crippen LogP contribution in [0.25, 0.3) is 0 Å². The summed E-state index contributed by atoms with van der Waals surface area (Å²) in [6.07, 6.45) is 4.56. The lowest BCUT2D eigenvalue weighted by molar-refractivity contribution is 0.0912. The van der Waals surface area contributed by atoms with Crippen LogP contribution >= 0.6 is 0 Å². The van der Waals surface area contributed by atoms with Crippen molar-refractivity contribution in [3.05, 3.63) is 30.1 Å². The highest BCUT2D eigenvalue weighted by molar-refractivity contribution is 5.13. The Kier molecular flexibility index (Phi) is 5.72. The Hall–Kier alpha value is -0.970. The van der Waals surface area contributed by atoms with Crippen molar-refractivity contribution < 1.29 is 0 Å². The van der Waals surface area contributed by atoms with Crippen LogP contribution in [-0.4, -0.2) is 34.6 Å². The fourth-order valence-electron chi connectivity index (χ4n) is 2.53. The molecule has 0 aliphatic carbocycles. The summed E-state index contributed by atoms with van der Waals surface area (Å²) < 4.78 is 0. The monoisotopic (exact) mass is 250 g/mol. The number of nitrogens with zero attached hydrogens (tertiary/aromatic N) is 2. The second kappa shape index (κ2) is 6.83. The molecule has 1 aromatic rings. The van der Waals surface area contributed by atoms with Gasteiger partial charge in [0.2, 0.25) is 0 Å². The average Bonchev–Trinajstić information content (AvgIpc) is 2.38. The van der Waals surface area contributed by atoms with Gasteiger partial charge in [-0.1, -0.05) is 13.8 Å². The number of pyridine rings is 1. The second-order valence-corrected chi connectivity index (χ2v) is 5.10. The molecule has 1 aromatic heterocycles. The van der Waals surface area contributed by atoms with E-state index in [0.717, 1.165) is 19.5 Å². The van der Waals surface area contributed by atoms with E-state index in [9.17, 15) is 0 Å². The Bertz CT molecular complexity index is 333. The molecule has 0 radical (unpaired) electrons. The van der Waals surface area contributed by atoms with E-state index in [-0.39, 0.29) is 11.6 Å². The van der Waals surface area contributed by atoms with Crippen molar-refractivity contribution >= 4 is 0 Å². The van der Waals surface area contributed by atoms with Gasteiger partial charge in [0.25, 0.3) is 0 Å². The summed E-state index contributed by atoms with van der Waals surface area (Å²) in [4.78, 5) is 6.48. The zero-order valence-electron chi connectivity index (χ0n) is 12.0. The van der Waals surface area contributed by atoms with E-state index in [0.29, 0.717) is 0 Å². The molecule has 3 N–H and O–H groups in total. The molecule has 0 bridgehead atoms. The van der Waals surface area contributed by atoms with Crippen LogP contribution in [0.3, 0.4) is 0 Å². The van der Waals surface area contributed by atoms with E-state index in [1.54, 1.807) is 0 Å². The van der Waals surface area contributed by atoms with Gasteiger partial charge in [-0.15, -0.1) is 0 Å². The van der Waals surface area contributed by atoms with E-state index in [1.165, 1.54) is 5.56 Å². The molecule has 0 saturated heterocycles. The minimum atomic E-state index is 0.0154. The van der Waals surface area contributed by atoms with Crippen molar-refractivity contribution in [3.8, 4) is 0 Å². The van der Waals surface area contributed by atoms with Crippen molar-refractivity contribution in [2.45, 2.75) is 45.7 Å². The molecule has 1 unspecified atom stereocenters. The van der Waals surface area contributed by atoms with Crippen molar-refractivity contribution in [3.63, 3.8) is 0 Å². The lowest BCUT2D eigenvalue weighted by atomic mass is 9.88. The van der Waals surface area contributed by atoms with Gasteiger partial charge in [-0.3, -0.25) is 21.2 Å². The van der Waals surface area contributed by atoms with E-state index < -0.39 is 0 Å². The highest BCUT2D eigenvalue weighted by Gasteiger charge is 2.33. The highest BCUT2D eigenvalue weighted by Crippen LogP contribution is 2.21. The maximum atomic E-state index is 5.76. The standard InChI is InChI=1S/C14H26N4/c1-5-18(6-2)14(3,4)13(17-15)11-12-7-9-16-10-8-12/h7-10,13,17H,5-6,11,15H2,1-4H3. The number of nitrogens with two attached hydrogens (primary N) is 1. The van der Waals surface area contributed by atoms with Gasteiger partial charge in [0.1, 0.15) is 0 Å². The van der Waals surface area contributed by atoms with Crippen LogP contribution in [0.5, 0.6) is 0 Å². The number of hydrogen-bond acceptors (Lipinski definition) is 4. The van der Waals surface area contributed by atoms with Crippen molar-refractivity contribution in [1.82, 2.24) is 15.3 Å². The van der Waals surface area contributed by atoms with Crippen molar-refractivity contribution in [2.75, 3.05) is 13.1 Å². The van der Waals surface area contributed by atoms with E-state index in [1.807, 2.05) is 24.5 Å². The molecule has 1 atom stereocenters. The third-order valence-corrected chi connectivity index (χ3v) is 3.82. The maximum Gasteiger partial charge on any atom is 0.0429 e. The molecule has 0 aliphatic rings. The predicted octanol–water partition coefficient (Wildman–Crippen LogP) is 1.58. The lowest BCUT2D eigenvalue weighted by Gasteiger charge is -2.43. The number of hydrogen-bond donors (Lipinski definition) is 2. The molecule has 4 nitrogen and oxygen atoms in total. The molecule has 0 aliphatic heterocycles.